The summed E-state index contributed by atoms with van der Waals surface area (Å²) in [5.74, 6) is -0.589. The first-order valence-electron chi connectivity index (χ1n) is 5.61. The van der Waals surface area contributed by atoms with Crippen molar-refractivity contribution in [3.8, 4) is 0 Å². The number of hydrogen-bond donors (Lipinski definition) is 1. The van der Waals surface area contributed by atoms with E-state index >= 15 is 0 Å². The van der Waals surface area contributed by atoms with Crippen LogP contribution in [0.4, 0.5) is 0 Å². The zero-order chi connectivity index (χ0) is 13.1. The Morgan fingerprint density at radius 1 is 1.29 bits per heavy atom. The molecule has 0 spiro atoms. The van der Waals surface area contributed by atoms with Crippen LogP contribution in [-0.2, 0) is 9.59 Å². The van der Waals surface area contributed by atoms with Crippen molar-refractivity contribution >= 4 is 23.6 Å². The van der Waals surface area contributed by atoms with Crippen LogP contribution in [0.5, 0.6) is 0 Å². The Morgan fingerprint density at radius 3 is 2.47 bits per heavy atom. The number of rotatable bonds is 4. The van der Waals surface area contributed by atoms with E-state index in [1.807, 2.05) is 4.90 Å². The lowest BCUT2D eigenvalue weighted by molar-refractivity contribution is -0.134. The molecule has 0 unspecified atom stereocenters. The van der Waals surface area contributed by atoms with Gasteiger partial charge >= 0.3 is 5.97 Å². The maximum Gasteiger partial charge on any atom is 0.313 e. The van der Waals surface area contributed by atoms with Gasteiger partial charge in [-0.2, -0.15) is 0 Å². The number of hydrogen-bond acceptors (Lipinski definition) is 4. The molecule has 1 rings (SSSR count). The fourth-order valence-corrected chi connectivity index (χ4v) is 2.40. The van der Waals surface area contributed by atoms with Crippen LogP contribution in [0.15, 0.2) is 0 Å². The molecule has 1 amide bonds. The summed E-state index contributed by atoms with van der Waals surface area (Å²) in [6, 6.07) is 0. The summed E-state index contributed by atoms with van der Waals surface area (Å²) in [6.45, 7) is 6.51. The van der Waals surface area contributed by atoms with Crippen LogP contribution >= 0.6 is 11.8 Å². The van der Waals surface area contributed by atoms with Gasteiger partial charge in [0.05, 0.1) is 11.5 Å². The van der Waals surface area contributed by atoms with Crippen molar-refractivity contribution in [2.24, 2.45) is 0 Å². The first kappa shape index (κ1) is 14.3. The molecule has 6 heteroatoms. The largest absolute Gasteiger partial charge is 0.481 e. The van der Waals surface area contributed by atoms with E-state index < -0.39 is 5.97 Å². The molecule has 5 nitrogen and oxygen atoms in total. The van der Waals surface area contributed by atoms with E-state index in [0.29, 0.717) is 6.54 Å². The van der Waals surface area contributed by atoms with Crippen molar-refractivity contribution in [1.29, 1.82) is 0 Å². The number of likely N-dealkylation sites (N-methyl/N-ethyl adjacent to an activating group) is 1. The minimum Gasteiger partial charge on any atom is -0.481 e. The van der Waals surface area contributed by atoms with Crippen LogP contribution in [0, 0.1) is 0 Å². The van der Waals surface area contributed by atoms with E-state index in [9.17, 15) is 9.59 Å². The summed E-state index contributed by atoms with van der Waals surface area (Å²) in [4.78, 5) is 26.3. The van der Waals surface area contributed by atoms with Crippen LogP contribution < -0.4 is 0 Å². The number of carbonyl (C=O) groups is 2. The molecule has 17 heavy (non-hydrogen) atoms. The predicted molar refractivity (Wildman–Crippen MR) is 68.2 cm³/mol. The van der Waals surface area contributed by atoms with Crippen LogP contribution in [0.25, 0.3) is 0 Å². The van der Waals surface area contributed by atoms with Gasteiger partial charge in [-0.05, 0) is 20.9 Å². The van der Waals surface area contributed by atoms with E-state index in [0.717, 1.165) is 24.9 Å². The van der Waals surface area contributed by atoms with Crippen molar-refractivity contribution in [1.82, 2.24) is 9.80 Å². The molecule has 0 atom stereocenters. The lowest BCUT2D eigenvalue weighted by Gasteiger charge is -2.45. The van der Waals surface area contributed by atoms with Crippen molar-refractivity contribution in [2.45, 2.75) is 19.4 Å². The van der Waals surface area contributed by atoms with E-state index in [1.54, 1.807) is 0 Å². The molecule has 1 aliphatic rings. The molecule has 0 bridgehead atoms. The molecule has 1 N–H and O–H groups in total. The highest BCUT2D eigenvalue weighted by Gasteiger charge is 2.32. The SMILES string of the molecule is CN1CCN(C(=O)CSCC(=O)O)CC1(C)C. The molecule has 0 aliphatic carbocycles. The number of carboxylic acids is 1. The monoisotopic (exact) mass is 260 g/mol. The van der Waals surface area contributed by atoms with Gasteiger partial charge in [0.15, 0.2) is 0 Å². The van der Waals surface area contributed by atoms with Crippen LogP contribution in [0.1, 0.15) is 13.8 Å². The van der Waals surface area contributed by atoms with Gasteiger partial charge in [-0.15, -0.1) is 11.8 Å². The van der Waals surface area contributed by atoms with Crippen molar-refractivity contribution < 1.29 is 14.7 Å². The predicted octanol–water partition coefficient (Wildman–Crippen LogP) is 0.357. The Balaban J connectivity index is 2.40. The molecular weight excluding hydrogens is 240 g/mol. The quantitative estimate of drug-likeness (QED) is 0.790. The zero-order valence-electron chi connectivity index (χ0n) is 10.6. The van der Waals surface area contributed by atoms with Gasteiger partial charge in [-0.3, -0.25) is 14.5 Å². The second-order valence-electron chi connectivity index (χ2n) is 4.94. The number of carbonyl (C=O) groups excluding carboxylic acids is 1. The van der Waals surface area contributed by atoms with Gasteiger partial charge in [-0.1, -0.05) is 0 Å². The van der Waals surface area contributed by atoms with E-state index in [2.05, 4.69) is 25.8 Å². The molecule has 1 saturated heterocycles. The van der Waals surface area contributed by atoms with Gasteiger partial charge in [0.2, 0.25) is 5.91 Å². The average Bonchev–Trinajstić information content (AvgIpc) is 2.21. The molecule has 0 aromatic rings. The molecule has 0 saturated carbocycles. The average molecular weight is 260 g/mol. The van der Waals surface area contributed by atoms with E-state index in [4.69, 9.17) is 5.11 Å². The van der Waals surface area contributed by atoms with Crippen molar-refractivity contribution in [3.63, 3.8) is 0 Å². The van der Waals surface area contributed by atoms with Gasteiger partial charge in [-0.25, -0.2) is 0 Å². The molecule has 0 aromatic heterocycles. The Kier molecular flexibility index (Phi) is 4.82. The van der Waals surface area contributed by atoms with Crippen LogP contribution in [0.2, 0.25) is 0 Å². The topological polar surface area (TPSA) is 60.9 Å². The number of piperazine rings is 1. The third kappa shape index (κ3) is 4.20. The van der Waals surface area contributed by atoms with Crippen molar-refractivity contribution in [2.75, 3.05) is 38.2 Å². The van der Waals surface area contributed by atoms with E-state index in [-0.39, 0.29) is 23.0 Å². The number of carboxylic acid groups (broad SMARTS) is 1. The van der Waals surface area contributed by atoms with Gasteiger partial charge < -0.3 is 10.0 Å². The summed E-state index contributed by atoms with van der Waals surface area (Å²) < 4.78 is 0. The number of thioether (sulfide) groups is 1. The summed E-state index contributed by atoms with van der Waals surface area (Å²) in [5, 5.41) is 8.50. The summed E-state index contributed by atoms with van der Waals surface area (Å²) in [7, 11) is 2.06. The second-order valence-corrected chi connectivity index (χ2v) is 5.92. The van der Waals surface area contributed by atoms with Gasteiger partial charge in [0, 0.05) is 25.2 Å². The zero-order valence-corrected chi connectivity index (χ0v) is 11.4. The molecule has 1 fully saturated rings. The summed E-state index contributed by atoms with van der Waals surface area (Å²) >= 11 is 1.16. The Hall–Kier alpha value is -0.750. The van der Waals surface area contributed by atoms with Crippen molar-refractivity contribution in [3.05, 3.63) is 0 Å². The minimum atomic E-state index is -0.874. The highest BCUT2D eigenvalue weighted by molar-refractivity contribution is 8.00. The summed E-state index contributed by atoms with van der Waals surface area (Å²) in [5.41, 5.74) is -0.00856. The Morgan fingerprint density at radius 2 is 1.94 bits per heavy atom. The maximum absolute atomic E-state index is 11.9. The third-order valence-corrected chi connectivity index (χ3v) is 4.02. The number of aliphatic carboxylic acids is 1. The molecule has 1 aliphatic heterocycles. The standard InChI is InChI=1S/C11H20N2O3S/c1-11(2)8-13(5-4-12(11)3)9(14)6-17-7-10(15)16/h4-8H2,1-3H3,(H,15,16). The minimum absolute atomic E-state index is 0.00856. The molecule has 0 radical (unpaired) electrons. The molecule has 1 heterocycles. The first-order chi connectivity index (χ1) is 7.83. The highest BCUT2D eigenvalue weighted by atomic mass is 32.2. The maximum atomic E-state index is 11.9. The lowest BCUT2D eigenvalue weighted by atomic mass is 10.00. The molecule has 98 valence electrons. The third-order valence-electron chi connectivity index (χ3n) is 3.12. The fraction of sp³-hybridized carbons (Fsp3) is 0.818. The van der Waals surface area contributed by atoms with Crippen LogP contribution in [0.3, 0.4) is 0 Å². The Bertz CT molecular complexity index is 307. The van der Waals surface area contributed by atoms with Gasteiger partial charge in [0.25, 0.3) is 0 Å². The van der Waals surface area contributed by atoms with E-state index in [1.165, 1.54) is 0 Å². The van der Waals surface area contributed by atoms with Gasteiger partial charge in [0.1, 0.15) is 0 Å². The normalized spacial score (nSPS) is 20.3. The second kappa shape index (κ2) is 5.73. The van der Waals surface area contributed by atoms with Crippen LogP contribution in [-0.4, -0.2) is 70.5 Å². The Labute approximate surface area is 106 Å². The smallest absolute Gasteiger partial charge is 0.313 e. The number of amides is 1. The lowest BCUT2D eigenvalue weighted by Crippen LogP contribution is -2.59. The first-order valence-corrected chi connectivity index (χ1v) is 6.77. The number of nitrogens with zero attached hydrogens (tertiary/aromatic N) is 2. The fourth-order valence-electron chi connectivity index (χ4n) is 1.77. The summed E-state index contributed by atoms with van der Waals surface area (Å²) in [6.07, 6.45) is 0. The molecule has 0 aromatic carbocycles. The molecular formula is C11H20N2O3S. The highest BCUT2D eigenvalue weighted by Crippen LogP contribution is 2.19.